The van der Waals surface area contributed by atoms with E-state index >= 15 is 0 Å². The van der Waals surface area contributed by atoms with Crippen molar-refractivity contribution in [3.63, 3.8) is 0 Å². The molecule has 0 radical (unpaired) electrons. The maximum atomic E-state index is 14.1. The molecule has 3 rings (SSSR count). The van der Waals surface area contributed by atoms with Gasteiger partial charge in [0.15, 0.2) is 5.60 Å². The van der Waals surface area contributed by atoms with Crippen molar-refractivity contribution in [2.45, 2.75) is 85.4 Å². The second kappa shape index (κ2) is 15.2. The van der Waals surface area contributed by atoms with Crippen LogP contribution in [0.25, 0.3) is 0 Å². The summed E-state index contributed by atoms with van der Waals surface area (Å²) in [5.74, 6) is 0.141. The molecule has 0 aromatic heterocycles. The molecule has 236 valence electrons. The van der Waals surface area contributed by atoms with E-state index in [9.17, 15) is 14.4 Å². The molecule has 10 heteroatoms. The minimum atomic E-state index is -0.991. The summed E-state index contributed by atoms with van der Waals surface area (Å²) >= 11 is 0. The molecule has 3 amide bonds. The zero-order chi connectivity index (χ0) is 31.0. The number of carbonyl (C=O) groups is 3. The molecule has 2 aliphatic rings. The van der Waals surface area contributed by atoms with Crippen LogP contribution in [0.4, 0.5) is 11.4 Å². The lowest BCUT2D eigenvalue weighted by Gasteiger charge is -2.40. The number of anilines is 2. The van der Waals surface area contributed by atoms with Crippen LogP contribution in [0.2, 0.25) is 0 Å². The average molecular weight is 589 g/mol. The van der Waals surface area contributed by atoms with Gasteiger partial charge in [-0.25, -0.2) is 0 Å². The number of nitrogens with one attached hydrogen (secondary N) is 2. The molecule has 0 saturated carbocycles. The van der Waals surface area contributed by atoms with Crippen molar-refractivity contribution in [1.82, 2.24) is 10.6 Å². The predicted molar refractivity (Wildman–Crippen MR) is 165 cm³/mol. The van der Waals surface area contributed by atoms with E-state index in [-0.39, 0.29) is 41.6 Å². The minimum absolute atomic E-state index is 0.0415. The second-order valence-electron chi connectivity index (χ2n) is 12.7. The van der Waals surface area contributed by atoms with Crippen LogP contribution in [-0.4, -0.2) is 82.0 Å². The smallest absolute Gasteiger partial charge is 0.270 e. The van der Waals surface area contributed by atoms with Gasteiger partial charge >= 0.3 is 0 Å². The van der Waals surface area contributed by atoms with Crippen molar-refractivity contribution in [2.75, 3.05) is 56.4 Å². The third-order valence-corrected chi connectivity index (χ3v) is 7.82. The van der Waals surface area contributed by atoms with Crippen molar-refractivity contribution in [1.29, 1.82) is 0 Å². The molecule has 42 heavy (non-hydrogen) atoms. The molecule has 3 atom stereocenters. The standard InChI is InChI=1S/C32H52N4O6/c1-9-41-20-25(15-21(2)3)34-29(37)23-16-24(19-33-18-23)30(38)36(22(4)5)26-11-12-28-27(17-26)35(13-10-14-40-8)31(39)32(6,7)42-28/h11-12,17,21-25,33H,9-10,13-16,18-20H2,1-8H3,(H,34,37)/t23-,24+,25+/m0/s1. The molecule has 1 aromatic carbocycles. The third kappa shape index (κ3) is 8.45. The van der Waals surface area contributed by atoms with Crippen LogP contribution in [0.15, 0.2) is 18.2 Å². The lowest BCUT2D eigenvalue weighted by molar-refractivity contribution is -0.132. The molecular weight excluding hydrogens is 536 g/mol. The van der Waals surface area contributed by atoms with Gasteiger partial charge in [0, 0.05) is 51.7 Å². The van der Waals surface area contributed by atoms with Gasteiger partial charge in [-0.3, -0.25) is 14.4 Å². The molecule has 2 N–H and O–H groups in total. The van der Waals surface area contributed by atoms with E-state index in [1.54, 1.807) is 30.8 Å². The van der Waals surface area contributed by atoms with Crippen molar-refractivity contribution in [2.24, 2.45) is 17.8 Å². The van der Waals surface area contributed by atoms with Gasteiger partial charge in [-0.15, -0.1) is 0 Å². The molecule has 2 heterocycles. The van der Waals surface area contributed by atoms with Gasteiger partial charge in [0.25, 0.3) is 5.91 Å². The van der Waals surface area contributed by atoms with Gasteiger partial charge in [0.05, 0.1) is 30.2 Å². The van der Waals surface area contributed by atoms with E-state index < -0.39 is 5.60 Å². The van der Waals surface area contributed by atoms with Crippen molar-refractivity contribution in [3.8, 4) is 5.75 Å². The predicted octanol–water partition coefficient (Wildman–Crippen LogP) is 3.76. The van der Waals surface area contributed by atoms with Crippen molar-refractivity contribution in [3.05, 3.63) is 18.2 Å². The lowest BCUT2D eigenvalue weighted by Crippen LogP contribution is -2.53. The van der Waals surface area contributed by atoms with E-state index in [0.29, 0.717) is 75.3 Å². The fraction of sp³-hybridized carbons (Fsp3) is 0.719. The zero-order valence-electron chi connectivity index (χ0n) is 26.8. The Balaban J connectivity index is 1.80. The van der Waals surface area contributed by atoms with Crippen LogP contribution in [-0.2, 0) is 23.9 Å². The largest absolute Gasteiger partial charge is 0.476 e. The van der Waals surface area contributed by atoms with Crippen LogP contribution in [0, 0.1) is 17.8 Å². The van der Waals surface area contributed by atoms with Gasteiger partial charge in [-0.2, -0.15) is 0 Å². The Morgan fingerprint density at radius 3 is 2.55 bits per heavy atom. The van der Waals surface area contributed by atoms with Crippen LogP contribution in [0.1, 0.15) is 67.7 Å². The third-order valence-electron chi connectivity index (χ3n) is 7.82. The molecule has 10 nitrogen and oxygen atoms in total. The fourth-order valence-electron chi connectivity index (χ4n) is 5.82. The Kier molecular flexibility index (Phi) is 12.2. The molecule has 1 saturated heterocycles. The summed E-state index contributed by atoms with van der Waals surface area (Å²) in [6, 6.07) is 5.40. The van der Waals surface area contributed by atoms with E-state index in [4.69, 9.17) is 14.2 Å². The molecule has 1 aromatic rings. The fourth-order valence-corrected chi connectivity index (χ4v) is 5.82. The quantitative estimate of drug-likeness (QED) is 0.319. The molecule has 0 unspecified atom stereocenters. The number of hydrogen-bond acceptors (Lipinski definition) is 7. The van der Waals surface area contributed by atoms with Gasteiger partial charge < -0.3 is 34.6 Å². The average Bonchev–Trinajstić information content (AvgIpc) is 2.93. The first-order valence-electron chi connectivity index (χ1n) is 15.4. The summed E-state index contributed by atoms with van der Waals surface area (Å²) in [4.78, 5) is 44.2. The number of nitrogens with zero attached hydrogens (tertiary/aromatic N) is 2. The number of fused-ring (bicyclic) bond motifs is 1. The maximum Gasteiger partial charge on any atom is 0.270 e. The number of ether oxygens (including phenoxy) is 3. The first-order valence-corrected chi connectivity index (χ1v) is 15.4. The van der Waals surface area contributed by atoms with Gasteiger partial charge in [0.1, 0.15) is 5.75 Å². The first kappa shape index (κ1) is 33.8. The van der Waals surface area contributed by atoms with E-state index in [2.05, 4.69) is 24.5 Å². The minimum Gasteiger partial charge on any atom is -0.476 e. The summed E-state index contributed by atoms with van der Waals surface area (Å²) in [5, 5.41) is 6.50. The van der Waals surface area contributed by atoms with Crippen LogP contribution in [0.3, 0.4) is 0 Å². The zero-order valence-corrected chi connectivity index (χ0v) is 26.8. The number of hydrogen-bond donors (Lipinski definition) is 2. The summed E-state index contributed by atoms with van der Waals surface area (Å²) in [6.07, 6.45) is 1.97. The van der Waals surface area contributed by atoms with Crippen molar-refractivity contribution >= 4 is 29.1 Å². The highest BCUT2D eigenvalue weighted by Gasteiger charge is 2.41. The highest BCUT2D eigenvalue weighted by Crippen LogP contribution is 2.41. The Morgan fingerprint density at radius 2 is 1.90 bits per heavy atom. The molecule has 2 aliphatic heterocycles. The lowest BCUT2D eigenvalue weighted by atomic mass is 9.88. The molecule has 1 fully saturated rings. The Labute approximate surface area is 251 Å². The number of carbonyl (C=O) groups excluding carboxylic acids is 3. The number of methoxy groups -OCH3 is 1. The topological polar surface area (TPSA) is 109 Å². The normalized spacial score (nSPS) is 20.7. The molecule has 0 bridgehead atoms. The maximum absolute atomic E-state index is 14.1. The first-order chi connectivity index (χ1) is 19.9. The highest BCUT2D eigenvalue weighted by molar-refractivity contribution is 6.04. The number of amides is 3. The van der Waals surface area contributed by atoms with Crippen LogP contribution in [0.5, 0.6) is 5.75 Å². The summed E-state index contributed by atoms with van der Waals surface area (Å²) in [7, 11) is 1.64. The summed E-state index contributed by atoms with van der Waals surface area (Å²) in [6.45, 7) is 16.8. The second-order valence-corrected chi connectivity index (χ2v) is 12.7. The Hall–Kier alpha value is -2.69. The Bertz CT molecular complexity index is 1080. The van der Waals surface area contributed by atoms with Crippen LogP contribution >= 0.6 is 0 Å². The van der Waals surface area contributed by atoms with E-state index in [1.165, 1.54) is 0 Å². The number of piperidine rings is 1. The van der Waals surface area contributed by atoms with E-state index in [1.807, 2.05) is 39.0 Å². The number of benzene rings is 1. The van der Waals surface area contributed by atoms with Gasteiger partial charge in [-0.05, 0) is 78.0 Å². The van der Waals surface area contributed by atoms with Gasteiger partial charge in [-0.1, -0.05) is 13.8 Å². The Morgan fingerprint density at radius 1 is 1.19 bits per heavy atom. The summed E-state index contributed by atoms with van der Waals surface area (Å²) < 4.78 is 16.9. The monoisotopic (exact) mass is 588 g/mol. The summed E-state index contributed by atoms with van der Waals surface area (Å²) in [5.41, 5.74) is 0.354. The van der Waals surface area contributed by atoms with Crippen molar-refractivity contribution < 1.29 is 28.6 Å². The van der Waals surface area contributed by atoms with Gasteiger partial charge in [0.2, 0.25) is 11.8 Å². The SMILES string of the molecule is CCOC[C@@H](CC(C)C)NC(=O)[C@@H]1CNC[C@H](C(=O)N(c2ccc3c(c2)N(CCCOC)C(=O)C(C)(C)O3)C(C)C)C1. The molecule has 0 spiro atoms. The molecule has 0 aliphatic carbocycles. The number of rotatable bonds is 14. The highest BCUT2D eigenvalue weighted by atomic mass is 16.5. The van der Waals surface area contributed by atoms with Crippen LogP contribution < -0.4 is 25.2 Å². The van der Waals surface area contributed by atoms with E-state index in [0.717, 1.165) is 6.42 Å². The molecular formula is C32H52N4O6.